The van der Waals surface area contributed by atoms with Crippen molar-refractivity contribution in [1.82, 2.24) is 19.9 Å². The molecule has 6 aliphatic heterocycles. The Morgan fingerprint density at radius 1 is 0.477 bits per heavy atom. The van der Waals surface area contributed by atoms with Crippen LogP contribution in [0.2, 0.25) is 0 Å². The zero-order chi connectivity index (χ0) is 43.8. The van der Waals surface area contributed by atoms with Crippen LogP contribution in [-0.2, 0) is 42.7 Å². The molecule has 6 unspecified atom stereocenters. The molecular weight excluding hydrogens is 844 g/mol. The van der Waals surface area contributed by atoms with Crippen LogP contribution in [0.1, 0.15) is 89.7 Å². The molecule has 4 saturated heterocycles. The summed E-state index contributed by atoms with van der Waals surface area (Å²) in [5.41, 5.74) is 19.3. The van der Waals surface area contributed by atoms with Gasteiger partial charge < -0.3 is 28.9 Å². The molecule has 0 N–H and O–H groups in total. The van der Waals surface area contributed by atoms with Crippen LogP contribution in [0.4, 0.5) is 0 Å². The van der Waals surface area contributed by atoms with Gasteiger partial charge in [-0.1, -0.05) is 128 Å². The normalized spacial score (nSPS) is 22.0. The molecule has 9 heterocycles. The first-order chi connectivity index (χ1) is 32.0. The van der Waals surface area contributed by atoms with Gasteiger partial charge in [-0.05, 0) is 104 Å². The van der Waals surface area contributed by atoms with Crippen molar-refractivity contribution >= 4 is 46.4 Å². The van der Waals surface area contributed by atoms with Gasteiger partial charge in [0.25, 0.3) is 0 Å². The van der Waals surface area contributed by atoms with Crippen LogP contribution in [0.3, 0.4) is 0 Å². The zero-order valence-electron chi connectivity index (χ0n) is 35.8. The SMILES string of the molecule is CCC1OC1c1ccc(-c2c3nc(c(-c4ccc(C5CO5)cc4)c4ccc([n-]4)c(-c4ccc(C5OC5C)cc4)c4nc(c(-c5ccc(C6CO6)cc5)c5ccc2[n-]5)C=C4)C=C3)cc1.[O]=[Ti+2]. The summed E-state index contributed by atoms with van der Waals surface area (Å²) in [6.07, 6.45) is 10.6. The van der Waals surface area contributed by atoms with Gasteiger partial charge in [0.1, 0.15) is 24.4 Å². The summed E-state index contributed by atoms with van der Waals surface area (Å²) in [6.45, 7) is 5.80. The molecule has 65 heavy (non-hydrogen) atoms. The molecule has 0 aliphatic carbocycles. The molecule has 6 aliphatic rings. The molecule has 13 rings (SSSR count). The summed E-state index contributed by atoms with van der Waals surface area (Å²) < 4.78 is 31.3. The van der Waals surface area contributed by atoms with Crippen molar-refractivity contribution in [2.24, 2.45) is 0 Å². The second kappa shape index (κ2) is 16.4. The van der Waals surface area contributed by atoms with E-state index in [2.05, 4.69) is 159 Å². The molecule has 4 aromatic carbocycles. The van der Waals surface area contributed by atoms with Gasteiger partial charge in [0, 0.05) is 0 Å². The van der Waals surface area contributed by atoms with E-state index in [1.54, 1.807) is 0 Å². The Kier molecular flexibility index (Phi) is 10.2. The van der Waals surface area contributed by atoms with Gasteiger partial charge in [0.15, 0.2) is 0 Å². The molecule has 316 valence electrons. The average Bonchev–Trinajstić information content (AvgIpc) is 4.31. The van der Waals surface area contributed by atoms with Crippen LogP contribution in [0.5, 0.6) is 0 Å². The van der Waals surface area contributed by atoms with E-state index < -0.39 is 0 Å². The van der Waals surface area contributed by atoms with Crippen LogP contribution in [0.25, 0.3) is 90.9 Å². The molecule has 10 heteroatoms. The number of hydrogen-bond donors (Lipinski definition) is 0. The standard InChI is InChI=1S/C55H42N4O4.O.Ti/c1-3-47-55(63-47)38-18-14-36(15-19-38)53-45-26-22-41(58-45)50(33-8-4-31(5-9-33)48-28-60-48)39-20-24-43(56-39)52(35-12-16-37(17-13-35)54-30(2)62-54)44-25-21-40(57-44)51(42-23-27-46(53)59-42)34-10-6-32(7-11-34)49-29-61-49;;/h4-27,30,47-49,54-55H,3,28-29H2,1-2H3;;/q-2;;+2. The zero-order valence-corrected chi connectivity index (χ0v) is 37.3. The fourth-order valence-electron chi connectivity index (χ4n) is 9.44. The number of aromatic nitrogens is 4. The van der Waals surface area contributed by atoms with E-state index in [0.717, 1.165) is 129 Å². The number of epoxide rings is 4. The fourth-order valence-corrected chi connectivity index (χ4v) is 9.44. The third kappa shape index (κ3) is 7.62. The number of hydrogen-bond acceptors (Lipinski definition) is 7. The molecule has 9 nitrogen and oxygen atoms in total. The molecule has 0 amide bonds. The molecule has 7 aromatic rings. The molecule has 0 saturated carbocycles. The Balaban J connectivity index is 0.00000219. The van der Waals surface area contributed by atoms with Gasteiger partial charge in [-0.2, -0.15) is 0 Å². The predicted molar refractivity (Wildman–Crippen MR) is 248 cm³/mol. The Bertz CT molecular complexity index is 3170. The molecule has 0 spiro atoms. The number of nitrogens with zero attached hydrogens (tertiary/aromatic N) is 4. The summed E-state index contributed by atoms with van der Waals surface area (Å²) >= 11 is 0.750. The van der Waals surface area contributed by atoms with Crippen molar-refractivity contribution < 1.29 is 42.7 Å². The molecule has 8 bridgehead atoms. The Hall–Kier alpha value is -6.17. The van der Waals surface area contributed by atoms with Crippen LogP contribution in [-0.4, -0.2) is 35.4 Å². The van der Waals surface area contributed by atoms with Crippen molar-refractivity contribution in [2.75, 3.05) is 13.2 Å². The molecule has 4 fully saturated rings. The van der Waals surface area contributed by atoms with Crippen LogP contribution in [0.15, 0.2) is 121 Å². The van der Waals surface area contributed by atoms with Crippen LogP contribution < -0.4 is 9.97 Å². The van der Waals surface area contributed by atoms with Crippen molar-refractivity contribution in [3.63, 3.8) is 0 Å². The maximum absolute atomic E-state index is 8.25. The maximum atomic E-state index is 8.25. The van der Waals surface area contributed by atoms with E-state index in [1.807, 2.05) is 0 Å². The van der Waals surface area contributed by atoms with Crippen molar-refractivity contribution in [1.29, 1.82) is 0 Å². The van der Waals surface area contributed by atoms with E-state index in [9.17, 15) is 0 Å². The summed E-state index contributed by atoms with van der Waals surface area (Å²) in [5.74, 6) is 0. The second-order valence-electron chi connectivity index (χ2n) is 17.3. The van der Waals surface area contributed by atoms with Gasteiger partial charge in [-0.15, -0.1) is 22.1 Å². The first-order valence-electron chi connectivity index (χ1n) is 22.2. The third-order valence-electron chi connectivity index (χ3n) is 13.2. The first-order valence-corrected chi connectivity index (χ1v) is 22.9. The summed E-state index contributed by atoms with van der Waals surface area (Å²) in [6, 6.07) is 43.2. The van der Waals surface area contributed by atoms with Gasteiger partial charge >= 0.3 is 23.7 Å². The van der Waals surface area contributed by atoms with Gasteiger partial charge in [-0.3, -0.25) is 0 Å². The predicted octanol–water partition coefficient (Wildman–Crippen LogP) is 11.9. The first kappa shape index (κ1) is 40.4. The molecule has 3 aromatic heterocycles. The average molecular weight is 887 g/mol. The van der Waals surface area contributed by atoms with Crippen molar-refractivity contribution in [3.8, 4) is 44.5 Å². The van der Waals surface area contributed by atoms with Gasteiger partial charge in [0.2, 0.25) is 0 Å². The fraction of sp³-hybridized carbons (Fsp3) is 0.200. The monoisotopic (exact) mass is 886 g/mol. The second-order valence-corrected chi connectivity index (χ2v) is 17.3. The Morgan fingerprint density at radius 3 is 1.06 bits per heavy atom. The van der Waals surface area contributed by atoms with Crippen LogP contribution >= 0.6 is 0 Å². The molecule has 0 radical (unpaired) electrons. The van der Waals surface area contributed by atoms with E-state index in [-0.39, 0.29) is 36.6 Å². The van der Waals surface area contributed by atoms with E-state index >= 15 is 0 Å². The Morgan fingerprint density at radius 2 is 0.785 bits per heavy atom. The topological polar surface area (TPSA) is 121 Å². The molecule has 6 atom stereocenters. The van der Waals surface area contributed by atoms with Gasteiger partial charge in [-0.25, -0.2) is 9.97 Å². The summed E-state index contributed by atoms with van der Waals surface area (Å²) in [7, 11) is 0. The number of fused-ring (bicyclic) bond motifs is 8. The van der Waals surface area contributed by atoms with E-state index in [4.69, 9.17) is 42.2 Å². The van der Waals surface area contributed by atoms with Crippen molar-refractivity contribution in [3.05, 3.63) is 166 Å². The minimum atomic E-state index is 0.130. The quantitative estimate of drug-likeness (QED) is 0.103. The van der Waals surface area contributed by atoms with Crippen molar-refractivity contribution in [2.45, 2.75) is 56.9 Å². The molecular formula is C55H42N4O5Ti. The summed E-state index contributed by atoms with van der Waals surface area (Å²) in [4.78, 5) is 21.9. The Labute approximate surface area is 388 Å². The van der Waals surface area contributed by atoms with E-state index in [1.165, 1.54) is 22.3 Å². The number of benzene rings is 4. The van der Waals surface area contributed by atoms with E-state index in [0.29, 0.717) is 0 Å². The number of ether oxygens (including phenoxy) is 4. The van der Waals surface area contributed by atoms with Crippen LogP contribution in [0, 0.1) is 0 Å². The third-order valence-corrected chi connectivity index (χ3v) is 13.2. The summed E-state index contributed by atoms with van der Waals surface area (Å²) in [5, 5.41) is 0. The minimum absolute atomic E-state index is 0.130. The number of rotatable bonds is 9. The van der Waals surface area contributed by atoms with Gasteiger partial charge in [0.05, 0.1) is 48.2 Å².